The molecule has 2 N–H and O–H groups in total. The van der Waals surface area contributed by atoms with Crippen molar-refractivity contribution in [2.45, 2.75) is 6.54 Å². The van der Waals surface area contributed by atoms with Crippen molar-refractivity contribution in [1.29, 1.82) is 0 Å². The van der Waals surface area contributed by atoms with Crippen LogP contribution in [0.2, 0.25) is 5.02 Å². The highest BCUT2D eigenvalue weighted by molar-refractivity contribution is 6.35. The number of H-pyrrole nitrogens is 1. The van der Waals surface area contributed by atoms with E-state index in [0.717, 1.165) is 22.5 Å². The molecule has 0 unspecified atom stereocenters. The van der Waals surface area contributed by atoms with Gasteiger partial charge in [0.15, 0.2) is 0 Å². The molecule has 2 nitrogen and oxygen atoms in total. The van der Waals surface area contributed by atoms with Crippen LogP contribution < -0.4 is 5.32 Å². The zero-order valence-corrected chi connectivity index (χ0v) is 8.15. The molecule has 0 aliphatic rings. The molecule has 1 aromatic heterocycles. The molecule has 0 aliphatic carbocycles. The summed E-state index contributed by atoms with van der Waals surface area (Å²) in [5.41, 5.74) is 2.35. The van der Waals surface area contributed by atoms with E-state index >= 15 is 0 Å². The SMILES string of the molecule is CNCc1ccc2c(Cl)c[nH]c2c1. The lowest BCUT2D eigenvalue weighted by atomic mass is 10.1. The van der Waals surface area contributed by atoms with Crippen LogP contribution in [0.5, 0.6) is 0 Å². The van der Waals surface area contributed by atoms with Gasteiger partial charge in [-0.1, -0.05) is 23.7 Å². The summed E-state index contributed by atoms with van der Waals surface area (Å²) in [4.78, 5) is 3.13. The third-order valence-corrected chi connectivity index (χ3v) is 2.39. The highest BCUT2D eigenvalue weighted by atomic mass is 35.5. The maximum Gasteiger partial charge on any atom is 0.0659 e. The van der Waals surface area contributed by atoms with Crippen LogP contribution in [0, 0.1) is 0 Å². The summed E-state index contributed by atoms with van der Waals surface area (Å²) < 4.78 is 0. The van der Waals surface area contributed by atoms with Crippen LogP contribution in [0.3, 0.4) is 0 Å². The Morgan fingerprint density at radius 3 is 3.08 bits per heavy atom. The largest absolute Gasteiger partial charge is 0.360 e. The van der Waals surface area contributed by atoms with E-state index in [1.54, 1.807) is 0 Å². The van der Waals surface area contributed by atoms with Gasteiger partial charge in [0.05, 0.1) is 5.02 Å². The second-order valence-electron chi connectivity index (χ2n) is 3.05. The molecule has 2 rings (SSSR count). The van der Waals surface area contributed by atoms with Gasteiger partial charge < -0.3 is 10.3 Å². The lowest BCUT2D eigenvalue weighted by Crippen LogP contribution is -2.04. The average Bonchev–Trinajstić information content (AvgIpc) is 2.48. The number of nitrogens with one attached hydrogen (secondary N) is 2. The van der Waals surface area contributed by atoms with Gasteiger partial charge in [-0.2, -0.15) is 0 Å². The Hall–Kier alpha value is -0.990. The van der Waals surface area contributed by atoms with Gasteiger partial charge in [-0.05, 0) is 18.7 Å². The van der Waals surface area contributed by atoms with Gasteiger partial charge in [-0.25, -0.2) is 0 Å². The minimum absolute atomic E-state index is 0.783. The maximum atomic E-state index is 5.96. The van der Waals surface area contributed by atoms with Gasteiger partial charge in [0.2, 0.25) is 0 Å². The molecule has 1 aromatic carbocycles. The van der Waals surface area contributed by atoms with Crippen molar-refractivity contribution in [3.8, 4) is 0 Å². The number of hydrogen-bond acceptors (Lipinski definition) is 1. The minimum Gasteiger partial charge on any atom is -0.360 e. The standard InChI is InChI=1S/C10H11ClN2/c1-12-5-7-2-3-8-9(11)6-13-10(8)4-7/h2-4,6,12-13H,5H2,1H3. The van der Waals surface area contributed by atoms with Crippen molar-refractivity contribution >= 4 is 22.5 Å². The lowest BCUT2D eigenvalue weighted by Gasteiger charge is -1.99. The summed E-state index contributed by atoms with van der Waals surface area (Å²) >= 11 is 5.96. The molecular weight excluding hydrogens is 184 g/mol. The summed E-state index contributed by atoms with van der Waals surface area (Å²) in [5, 5.41) is 4.98. The number of fused-ring (bicyclic) bond motifs is 1. The van der Waals surface area contributed by atoms with Crippen LogP contribution in [0.25, 0.3) is 10.9 Å². The van der Waals surface area contributed by atoms with Crippen molar-refractivity contribution in [3.05, 3.63) is 35.0 Å². The Bertz CT molecular complexity index is 420. The summed E-state index contributed by atoms with van der Waals surface area (Å²) in [6.07, 6.45) is 1.81. The van der Waals surface area contributed by atoms with Gasteiger partial charge in [0.1, 0.15) is 0 Å². The molecule has 68 valence electrons. The van der Waals surface area contributed by atoms with Crippen molar-refractivity contribution in [3.63, 3.8) is 0 Å². The third-order valence-electron chi connectivity index (χ3n) is 2.08. The Morgan fingerprint density at radius 2 is 2.31 bits per heavy atom. The Balaban J connectivity index is 2.50. The number of aromatic amines is 1. The monoisotopic (exact) mass is 194 g/mol. The molecule has 3 heteroatoms. The first kappa shape index (κ1) is 8.60. The maximum absolute atomic E-state index is 5.96. The molecule has 0 aliphatic heterocycles. The first-order chi connectivity index (χ1) is 6.31. The van der Waals surface area contributed by atoms with Crippen molar-refractivity contribution < 1.29 is 0 Å². The fraction of sp³-hybridized carbons (Fsp3) is 0.200. The first-order valence-corrected chi connectivity index (χ1v) is 4.59. The topological polar surface area (TPSA) is 27.8 Å². The van der Waals surface area contributed by atoms with Crippen molar-refractivity contribution in [2.75, 3.05) is 7.05 Å². The van der Waals surface area contributed by atoms with E-state index in [-0.39, 0.29) is 0 Å². The molecule has 0 spiro atoms. The van der Waals surface area contributed by atoms with Gasteiger partial charge in [-0.15, -0.1) is 0 Å². The van der Waals surface area contributed by atoms with Crippen LogP contribution >= 0.6 is 11.6 Å². The molecular formula is C10H11ClN2. The van der Waals surface area contributed by atoms with E-state index in [4.69, 9.17) is 11.6 Å². The molecule has 0 saturated carbocycles. The van der Waals surface area contributed by atoms with E-state index in [1.807, 2.05) is 19.3 Å². The zero-order valence-electron chi connectivity index (χ0n) is 7.39. The summed E-state index contributed by atoms with van der Waals surface area (Å²) in [6, 6.07) is 6.23. The number of hydrogen-bond donors (Lipinski definition) is 2. The van der Waals surface area contributed by atoms with Gasteiger partial charge in [0.25, 0.3) is 0 Å². The van der Waals surface area contributed by atoms with Crippen molar-refractivity contribution in [2.24, 2.45) is 0 Å². The number of halogens is 1. The quantitative estimate of drug-likeness (QED) is 0.756. The zero-order chi connectivity index (χ0) is 9.26. The van der Waals surface area contributed by atoms with Gasteiger partial charge in [0, 0.05) is 23.6 Å². The second kappa shape index (κ2) is 3.40. The molecule has 1 heterocycles. The van der Waals surface area contributed by atoms with Gasteiger partial charge >= 0.3 is 0 Å². The molecule has 0 atom stereocenters. The van der Waals surface area contributed by atoms with E-state index in [0.29, 0.717) is 0 Å². The van der Waals surface area contributed by atoms with Crippen LogP contribution in [0.15, 0.2) is 24.4 Å². The molecule has 2 aromatic rings. The molecule has 0 amide bonds. The average molecular weight is 195 g/mol. The molecule has 0 fully saturated rings. The van der Waals surface area contributed by atoms with E-state index in [2.05, 4.69) is 22.4 Å². The molecule has 13 heavy (non-hydrogen) atoms. The van der Waals surface area contributed by atoms with Crippen molar-refractivity contribution in [1.82, 2.24) is 10.3 Å². The number of aromatic nitrogens is 1. The minimum atomic E-state index is 0.783. The fourth-order valence-corrected chi connectivity index (χ4v) is 1.67. The fourth-order valence-electron chi connectivity index (χ4n) is 1.45. The lowest BCUT2D eigenvalue weighted by molar-refractivity contribution is 0.819. The molecule has 0 radical (unpaired) electrons. The number of benzene rings is 1. The van der Waals surface area contributed by atoms with Crippen LogP contribution in [0.4, 0.5) is 0 Å². The highest BCUT2D eigenvalue weighted by Crippen LogP contribution is 2.23. The van der Waals surface area contributed by atoms with E-state index in [9.17, 15) is 0 Å². The van der Waals surface area contributed by atoms with Crippen LogP contribution in [-0.4, -0.2) is 12.0 Å². The van der Waals surface area contributed by atoms with Gasteiger partial charge in [-0.3, -0.25) is 0 Å². The Kier molecular flexibility index (Phi) is 2.25. The molecule has 0 saturated heterocycles. The summed E-state index contributed by atoms with van der Waals surface area (Å²) in [6.45, 7) is 0.882. The second-order valence-corrected chi connectivity index (χ2v) is 3.45. The van der Waals surface area contributed by atoms with E-state index < -0.39 is 0 Å². The Morgan fingerprint density at radius 1 is 1.46 bits per heavy atom. The number of rotatable bonds is 2. The smallest absolute Gasteiger partial charge is 0.0659 e. The van der Waals surface area contributed by atoms with E-state index in [1.165, 1.54) is 5.56 Å². The van der Waals surface area contributed by atoms with Crippen LogP contribution in [-0.2, 0) is 6.54 Å². The Labute approximate surface area is 81.9 Å². The third kappa shape index (κ3) is 1.55. The summed E-state index contributed by atoms with van der Waals surface area (Å²) in [7, 11) is 1.94. The molecule has 0 bridgehead atoms. The normalized spacial score (nSPS) is 10.9. The summed E-state index contributed by atoms with van der Waals surface area (Å²) in [5.74, 6) is 0. The predicted octanol–water partition coefficient (Wildman–Crippen LogP) is 2.54. The highest BCUT2D eigenvalue weighted by Gasteiger charge is 2.00. The predicted molar refractivity (Wildman–Crippen MR) is 56.1 cm³/mol. The van der Waals surface area contributed by atoms with Crippen LogP contribution in [0.1, 0.15) is 5.56 Å². The first-order valence-electron chi connectivity index (χ1n) is 4.21.